The summed E-state index contributed by atoms with van der Waals surface area (Å²) < 4.78 is 86.8. The van der Waals surface area contributed by atoms with Crippen LogP contribution in [0.2, 0.25) is 10.0 Å². The molecule has 0 amide bonds. The third-order valence-electron chi connectivity index (χ3n) is 6.60. The third kappa shape index (κ3) is 4.63. The molecule has 2 aromatic carbocycles. The summed E-state index contributed by atoms with van der Waals surface area (Å²) in [7, 11) is -4.45. The number of alkyl halides is 3. The molecule has 14 heteroatoms. The number of sulfone groups is 1. The highest BCUT2D eigenvalue weighted by atomic mass is 35.5. The van der Waals surface area contributed by atoms with E-state index in [2.05, 4.69) is 15.3 Å². The number of aromatic nitrogens is 5. The Labute approximate surface area is 236 Å². The smallest absolute Gasteiger partial charge is 0.301 e. The lowest BCUT2D eigenvalue weighted by atomic mass is 9.90. The van der Waals surface area contributed by atoms with Gasteiger partial charge in [-0.05, 0) is 42.3 Å². The lowest BCUT2D eigenvalue weighted by Gasteiger charge is -2.39. The molecule has 0 spiro atoms. The second-order valence-electron chi connectivity index (χ2n) is 9.16. The van der Waals surface area contributed by atoms with Crippen LogP contribution in [-0.2, 0) is 20.9 Å². The normalized spacial score (nSPS) is 18.2. The van der Waals surface area contributed by atoms with Crippen LogP contribution in [0.4, 0.5) is 17.6 Å². The monoisotopic (exact) mass is 611 g/mol. The molecule has 1 unspecified atom stereocenters. The molecule has 40 heavy (non-hydrogen) atoms. The number of hydrogen-bond donors (Lipinski definition) is 0. The molecule has 0 aliphatic heterocycles. The van der Waals surface area contributed by atoms with Crippen molar-refractivity contribution in [1.29, 1.82) is 0 Å². The zero-order valence-electron chi connectivity index (χ0n) is 20.8. The van der Waals surface area contributed by atoms with E-state index < -0.39 is 44.5 Å². The Morgan fingerprint density at radius 2 is 1.77 bits per heavy atom. The maximum atomic E-state index is 16.3. The van der Waals surface area contributed by atoms with Crippen molar-refractivity contribution in [3.63, 3.8) is 0 Å². The summed E-state index contributed by atoms with van der Waals surface area (Å²) >= 11 is 12.5. The first-order valence-electron chi connectivity index (χ1n) is 11.6. The lowest BCUT2D eigenvalue weighted by molar-refractivity contribution is -0.141. The van der Waals surface area contributed by atoms with Gasteiger partial charge in [0, 0.05) is 29.5 Å². The van der Waals surface area contributed by atoms with Gasteiger partial charge in [0.15, 0.2) is 15.5 Å². The van der Waals surface area contributed by atoms with Crippen molar-refractivity contribution >= 4 is 44.3 Å². The average Bonchev–Trinajstić information content (AvgIpc) is 3.50. The number of allylic oxidation sites excluding steroid dienone is 3. The van der Waals surface area contributed by atoms with Crippen molar-refractivity contribution in [2.24, 2.45) is 0 Å². The van der Waals surface area contributed by atoms with Gasteiger partial charge in [0.05, 0.1) is 16.9 Å². The molecule has 2 aromatic heterocycles. The number of aryl methyl sites for hydroxylation is 1. The Morgan fingerprint density at radius 3 is 2.38 bits per heavy atom. The predicted octanol–water partition coefficient (Wildman–Crippen LogP) is 6.80. The second-order valence-corrected chi connectivity index (χ2v) is 12.2. The Balaban J connectivity index is 1.89. The second kappa shape index (κ2) is 9.86. The molecular weight excluding hydrogens is 593 g/mol. The van der Waals surface area contributed by atoms with Crippen LogP contribution >= 0.6 is 23.2 Å². The summed E-state index contributed by atoms with van der Waals surface area (Å²) in [6.45, 7) is 1.22. The SMILES string of the molecule is Cc1nc(C(F)(F)F)cn1C1=C(F)C=C(c2ccccc2)CC1(n1nncc1-c1ccc(Cl)cc1Cl)S(C)(=O)=O. The molecule has 1 atom stereocenters. The highest BCUT2D eigenvalue weighted by Crippen LogP contribution is 2.50. The van der Waals surface area contributed by atoms with Gasteiger partial charge in [-0.25, -0.2) is 22.5 Å². The minimum absolute atomic E-state index is 0.0699. The van der Waals surface area contributed by atoms with Crippen molar-refractivity contribution in [2.75, 3.05) is 6.26 Å². The number of nitrogens with zero attached hydrogens (tertiary/aromatic N) is 5. The third-order valence-corrected chi connectivity index (χ3v) is 8.88. The van der Waals surface area contributed by atoms with Crippen LogP contribution in [0.15, 0.2) is 72.8 Å². The molecular formula is C26H19Cl2F4N5O2S. The topological polar surface area (TPSA) is 82.7 Å². The van der Waals surface area contributed by atoms with E-state index in [1.807, 2.05) is 0 Å². The van der Waals surface area contributed by atoms with E-state index in [0.29, 0.717) is 16.8 Å². The number of halogens is 6. The lowest BCUT2D eigenvalue weighted by Crippen LogP contribution is -2.47. The van der Waals surface area contributed by atoms with Crippen LogP contribution < -0.4 is 0 Å². The van der Waals surface area contributed by atoms with Crippen molar-refractivity contribution < 1.29 is 26.0 Å². The van der Waals surface area contributed by atoms with Gasteiger partial charge in [-0.15, -0.1) is 5.10 Å². The van der Waals surface area contributed by atoms with Crippen LogP contribution in [0.1, 0.15) is 23.5 Å². The first kappa shape index (κ1) is 28.1. The molecule has 2 heterocycles. The first-order valence-corrected chi connectivity index (χ1v) is 14.2. The molecule has 7 nitrogen and oxygen atoms in total. The Bertz CT molecular complexity index is 1800. The van der Waals surface area contributed by atoms with Gasteiger partial charge in [0.1, 0.15) is 17.3 Å². The summed E-state index contributed by atoms with van der Waals surface area (Å²) in [5.74, 6) is -1.37. The molecule has 1 aliphatic carbocycles. The molecule has 0 radical (unpaired) electrons. The van der Waals surface area contributed by atoms with E-state index in [1.54, 1.807) is 30.3 Å². The van der Waals surface area contributed by atoms with E-state index in [4.69, 9.17) is 23.2 Å². The number of imidazole rings is 1. The van der Waals surface area contributed by atoms with E-state index in [-0.39, 0.29) is 27.7 Å². The number of benzene rings is 2. The summed E-state index contributed by atoms with van der Waals surface area (Å²) in [6.07, 6.45) is -1.50. The van der Waals surface area contributed by atoms with E-state index in [9.17, 15) is 21.6 Å². The molecule has 1 aliphatic rings. The molecule has 0 fully saturated rings. The van der Waals surface area contributed by atoms with E-state index >= 15 is 4.39 Å². The standard InChI is InChI=1S/C26H19Cl2F4N5O2S/c1-15-34-23(26(30,31)32)14-36(15)24-21(29)10-17(16-6-4-3-5-7-16)12-25(24,40(2,38)39)37-22(13-33-35-37)19-9-8-18(27)11-20(19)28/h3-11,13-14H,12H2,1-2H3. The Kier molecular flexibility index (Phi) is 6.92. The van der Waals surface area contributed by atoms with Crippen LogP contribution in [0.3, 0.4) is 0 Å². The highest BCUT2D eigenvalue weighted by molar-refractivity contribution is 7.91. The summed E-state index contributed by atoms with van der Waals surface area (Å²) in [5, 5.41) is 8.38. The van der Waals surface area contributed by atoms with Gasteiger partial charge in [0.2, 0.25) is 4.87 Å². The van der Waals surface area contributed by atoms with Gasteiger partial charge >= 0.3 is 6.18 Å². The fraction of sp³-hybridized carbons (Fsp3) is 0.192. The molecule has 5 rings (SSSR count). The zero-order chi connectivity index (χ0) is 29.0. The minimum Gasteiger partial charge on any atom is -0.301 e. The fourth-order valence-corrected chi connectivity index (χ4v) is 6.72. The van der Waals surface area contributed by atoms with Crippen molar-refractivity contribution in [1.82, 2.24) is 24.5 Å². The van der Waals surface area contributed by atoms with Gasteiger partial charge in [-0.1, -0.05) is 58.7 Å². The van der Waals surface area contributed by atoms with Crippen LogP contribution in [-0.4, -0.2) is 39.2 Å². The van der Waals surface area contributed by atoms with Crippen LogP contribution in [0, 0.1) is 6.92 Å². The maximum absolute atomic E-state index is 16.3. The average molecular weight is 612 g/mol. The van der Waals surface area contributed by atoms with Crippen molar-refractivity contribution in [2.45, 2.75) is 24.4 Å². The highest BCUT2D eigenvalue weighted by Gasteiger charge is 2.54. The van der Waals surface area contributed by atoms with Crippen molar-refractivity contribution in [3.8, 4) is 11.3 Å². The molecule has 208 valence electrons. The van der Waals surface area contributed by atoms with Crippen LogP contribution in [0.25, 0.3) is 22.5 Å². The molecule has 4 aromatic rings. The fourth-order valence-electron chi connectivity index (χ4n) is 4.80. The van der Waals surface area contributed by atoms with Gasteiger partial charge in [0.25, 0.3) is 0 Å². The van der Waals surface area contributed by atoms with Gasteiger partial charge in [-0.3, -0.25) is 0 Å². The number of hydrogen-bond acceptors (Lipinski definition) is 5. The van der Waals surface area contributed by atoms with Crippen LogP contribution in [0.5, 0.6) is 0 Å². The minimum atomic E-state index is -4.87. The first-order chi connectivity index (χ1) is 18.7. The van der Waals surface area contributed by atoms with Gasteiger partial charge < -0.3 is 4.57 Å². The summed E-state index contributed by atoms with van der Waals surface area (Å²) in [4.78, 5) is 1.13. The van der Waals surface area contributed by atoms with E-state index in [1.165, 1.54) is 31.3 Å². The Hall–Kier alpha value is -3.48. The maximum Gasteiger partial charge on any atom is 0.434 e. The predicted molar refractivity (Wildman–Crippen MR) is 144 cm³/mol. The molecule has 0 N–H and O–H groups in total. The molecule has 0 saturated carbocycles. The largest absolute Gasteiger partial charge is 0.434 e. The summed E-state index contributed by atoms with van der Waals surface area (Å²) in [6, 6.07) is 12.9. The summed E-state index contributed by atoms with van der Waals surface area (Å²) in [5.41, 5.74) is -0.815. The molecule has 0 saturated heterocycles. The molecule has 0 bridgehead atoms. The van der Waals surface area contributed by atoms with E-state index in [0.717, 1.165) is 21.6 Å². The quantitative estimate of drug-likeness (QED) is 0.232. The Morgan fingerprint density at radius 1 is 1.07 bits per heavy atom. The zero-order valence-corrected chi connectivity index (χ0v) is 23.1. The van der Waals surface area contributed by atoms with Crippen molar-refractivity contribution in [3.05, 3.63) is 100.0 Å². The number of rotatable bonds is 5. The van der Waals surface area contributed by atoms with Gasteiger partial charge in [-0.2, -0.15) is 13.2 Å².